The number of rotatable bonds is 4. The van der Waals surface area contributed by atoms with Gasteiger partial charge in [-0.3, -0.25) is 19.3 Å². The zero-order valence-corrected chi connectivity index (χ0v) is 10.8. The first-order valence-corrected chi connectivity index (χ1v) is 6.15. The van der Waals surface area contributed by atoms with Gasteiger partial charge < -0.3 is 5.11 Å². The first-order valence-electron chi connectivity index (χ1n) is 6.15. The Morgan fingerprint density at radius 2 is 1.89 bits per heavy atom. The molecule has 5 heteroatoms. The standard InChI is InChI=1S/C14H15NO4/c1-3-9(14(18)19)7-15-12(16)10-5-4-8(2)6-11(10)13(15)17/h4-6,9H,3,7H2,1-2H3,(H,18,19). The van der Waals surface area contributed by atoms with E-state index in [0.29, 0.717) is 17.5 Å². The van der Waals surface area contributed by atoms with E-state index in [2.05, 4.69) is 0 Å². The Bertz CT molecular complexity index is 565. The Labute approximate surface area is 110 Å². The summed E-state index contributed by atoms with van der Waals surface area (Å²) in [7, 11) is 0. The van der Waals surface area contributed by atoms with Crippen LogP contribution in [0.1, 0.15) is 39.6 Å². The predicted octanol–water partition coefficient (Wildman–Crippen LogP) is 1.70. The second-order valence-corrected chi connectivity index (χ2v) is 4.71. The summed E-state index contributed by atoms with van der Waals surface area (Å²) in [6.07, 6.45) is 0.377. The van der Waals surface area contributed by atoms with Crippen LogP contribution in [0.4, 0.5) is 0 Å². The van der Waals surface area contributed by atoms with Crippen molar-refractivity contribution < 1.29 is 19.5 Å². The maximum absolute atomic E-state index is 12.1. The van der Waals surface area contributed by atoms with E-state index < -0.39 is 23.7 Å². The number of aryl methyl sites for hydroxylation is 1. The van der Waals surface area contributed by atoms with Crippen LogP contribution in [-0.2, 0) is 4.79 Å². The fourth-order valence-corrected chi connectivity index (χ4v) is 2.17. The van der Waals surface area contributed by atoms with Gasteiger partial charge in [0.2, 0.25) is 0 Å². The fraction of sp³-hybridized carbons (Fsp3) is 0.357. The van der Waals surface area contributed by atoms with E-state index in [1.54, 1.807) is 25.1 Å². The molecule has 0 fully saturated rings. The van der Waals surface area contributed by atoms with Gasteiger partial charge in [0.1, 0.15) is 0 Å². The van der Waals surface area contributed by atoms with Crippen LogP contribution < -0.4 is 0 Å². The largest absolute Gasteiger partial charge is 0.481 e. The molecular weight excluding hydrogens is 246 g/mol. The minimum atomic E-state index is -0.991. The van der Waals surface area contributed by atoms with E-state index >= 15 is 0 Å². The van der Waals surface area contributed by atoms with Gasteiger partial charge in [-0.1, -0.05) is 18.6 Å². The summed E-state index contributed by atoms with van der Waals surface area (Å²) in [6.45, 7) is 3.49. The molecule has 1 heterocycles. The van der Waals surface area contributed by atoms with Crippen LogP contribution in [0.5, 0.6) is 0 Å². The zero-order valence-electron chi connectivity index (χ0n) is 10.8. The van der Waals surface area contributed by atoms with Crippen LogP contribution in [0.15, 0.2) is 18.2 Å². The number of carboxylic acids is 1. The van der Waals surface area contributed by atoms with Crippen LogP contribution in [0, 0.1) is 12.8 Å². The smallest absolute Gasteiger partial charge is 0.308 e. The van der Waals surface area contributed by atoms with E-state index in [1.165, 1.54) is 0 Å². The normalized spacial score (nSPS) is 15.6. The van der Waals surface area contributed by atoms with E-state index in [0.717, 1.165) is 10.5 Å². The molecule has 100 valence electrons. The van der Waals surface area contributed by atoms with Crippen molar-refractivity contribution in [2.45, 2.75) is 20.3 Å². The molecule has 2 amide bonds. The molecule has 1 unspecified atom stereocenters. The Morgan fingerprint density at radius 3 is 2.47 bits per heavy atom. The Morgan fingerprint density at radius 1 is 1.26 bits per heavy atom. The van der Waals surface area contributed by atoms with Crippen molar-refractivity contribution in [3.63, 3.8) is 0 Å². The molecule has 1 aromatic carbocycles. The molecule has 19 heavy (non-hydrogen) atoms. The average molecular weight is 261 g/mol. The lowest BCUT2D eigenvalue weighted by Crippen LogP contribution is -2.37. The molecule has 0 spiro atoms. The molecular formula is C14H15NO4. The molecule has 1 aromatic rings. The number of carboxylic acid groups (broad SMARTS) is 1. The summed E-state index contributed by atoms with van der Waals surface area (Å²) in [5, 5.41) is 9.02. The van der Waals surface area contributed by atoms with Gasteiger partial charge >= 0.3 is 5.97 Å². The fourth-order valence-electron chi connectivity index (χ4n) is 2.17. The van der Waals surface area contributed by atoms with Crippen molar-refractivity contribution in [1.29, 1.82) is 0 Å². The monoisotopic (exact) mass is 261 g/mol. The Hall–Kier alpha value is -2.17. The molecule has 1 aliphatic rings. The van der Waals surface area contributed by atoms with Gasteiger partial charge in [-0.2, -0.15) is 0 Å². The lowest BCUT2D eigenvalue weighted by Gasteiger charge is -2.18. The van der Waals surface area contributed by atoms with Gasteiger partial charge in [-0.25, -0.2) is 0 Å². The van der Waals surface area contributed by atoms with Gasteiger partial charge in [0.25, 0.3) is 11.8 Å². The Kier molecular flexibility index (Phi) is 3.38. The lowest BCUT2D eigenvalue weighted by molar-refractivity contribution is -0.142. The Balaban J connectivity index is 2.30. The number of hydrogen-bond donors (Lipinski definition) is 1. The topological polar surface area (TPSA) is 74.7 Å². The van der Waals surface area contributed by atoms with Crippen molar-refractivity contribution in [3.8, 4) is 0 Å². The molecule has 1 N–H and O–H groups in total. The molecule has 0 saturated heterocycles. The van der Waals surface area contributed by atoms with Crippen LogP contribution >= 0.6 is 0 Å². The molecule has 0 aromatic heterocycles. The van der Waals surface area contributed by atoms with Crippen LogP contribution in [-0.4, -0.2) is 34.3 Å². The predicted molar refractivity (Wildman–Crippen MR) is 68.0 cm³/mol. The third kappa shape index (κ3) is 2.23. The van der Waals surface area contributed by atoms with E-state index in [-0.39, 0.29) is 6.54 Å². The van der Waals surface area contributed by atoms with Gasteiger partial charge in [-0.15, -0.1) is 0 Å². The molecule has 0 saturated carbocycles. The summed E-state index contributed by atoms with van der Waals surface area (Å²) < 4.78 is 0. The highest BCUT2D eigenvalue weighted by Crippen LogP contribution is 2.25. The van der Waals surface area contributed by atoms with Crippen molar-refractivity contribution >= 4 is 17.8 Å². The molecule has 1 aliphatic heterocycles. The van der Waals surface area contributed by atoms with Gasteiger partial charge in [0, 0.05) is 6.54 Å². The summed E-state index contributed by atoms with van der Waals surface area (Å²) in [4.78, 5) is 36.3. The third-order valence-electron chi connectivity index (χ3n) is 3.37. The van der Waals surface area contributed by atoms with E-state index in [4.69, 9.17) is 5.11 Å². The average Bonchev–Trinajstić information content (AvgIpc) is 2.59. The third-order valence-corrected chi connectivity index (χ3v) is 3.37. The van der Waals surface area contributed by atoms with Crippen LogP contribution in [0.2, 0.25) is 0 Å². The van der Waals surface area contributed by atoms with Crippen LogP contribution in [0.3, 0.4) is 0 Å². The number of hydrogen-bond acceptors (Lipinski definition) is 3. The molecule has 5 nitrogen and oxygen atoms in total. The molecule has 1 atom stereocenters. The quantitative estimate of drug-likeness (QED) is 0.837. The summed E-state index contributed by atoms with van der Waals surface area (Å²) in [6, 6.07) is 5.05. The van der Waals surface area contributed by atoms with E-state index in [1.807, 2.05) is 6.92 Å². The second kappa shape index (κ2) is 4.84. The van der Waals surface area contributed by atoms with Crippen molar-refractivity contribution in [2.75, 3.05) is 6.54 Å². The van der Waals surface area contributed by atoms with Crippen molar-refractivity contribution in [1.82, 2.24) is 4.90 Å². The minimum absolute atomic E-state index is 0.0722. The lowest BCUT2D eigenvalue weighted by atomic mass is 10.1. The number of carbonyl (C=O) groups is 3. The molecule has 2 rings (SSSR count). The number of fused-ring (bicyclic) bond motifs is 1. The number of carbonyl (C=O) groups excluding carboxylic acids is 2. The summed E-state index contributed by atoms with van der Waals surface area (Å²) >= 11 is 0. The van der Waals surface area contributed by atoms with Crippen molar-refractivity contribution in [2.24, 2.45) is 5.92 Å². The molecule has 0 radical (unpaired) electrons. The number of nitrogens with zero attached hydrogens (tertiary/aromatic N) is 1. The highest BCUT2D eigenvalue weighted by Gasteiger charge is 2.37. The second-order valence-electron chi connectivity index (χ2n) is 4.71. The number of aliphatic carboxylic acids is 1. The minimum Gasteiger partial charge on any atom is -0.481 e. The maximum atomic E-state index is 12.1. The van der Waals surface area contributed by atoms with Crippen molar-refractivity contribution in [3.05, 3.63) is 34.9 Å². The molecule has 0 bridgehead atoms. The first-order chi connectivity index (χ1) is 8.95. The van der Waals surface area contributed by atoms with Gasteiger partial charge in [-0.05, 0) is 25.5 Å². The van der Waals surface area contributed by atoms with Crippen LogP contribution in [0.25, 0.3) is 0 Å². The maximum Gasteiger partial charge on any atom is 0.308 e. The van der Waals surface area contributed by atoms with Gasteiger partial charge in [0.05, 0.1) is 17.0 Å². The summed E-state index contributed by atoms with van der Waals surface area (Å²) in [5.41, 5.74) is 1.62. The number of imide groups is 1. The zero-order chi connectivity index (χ0) is 14.2. The number of amides is 2. The van der Waals surface area contributed by atoms with Gasteiger partial charge in [0.15, 0.2) is 0 Å². The summed E-state index contributed by atoms with van der Waals surface area (Å²) in [5.74, 6) is -2.51. The first kappa shape index (κ1) is 13.3. The molecule has 0 aliphatic carbocycles. The highest BCUT2D eigenvalue weighted by atomic mass is 16.4. The SMILES string of the molecule is CCC(CN1C(=O)c2ccc(C)cc2C1=O)C(=O)O. The highest BCUT2D eigenvalue weighted by molar-refractivity contribution is 6.21. The number of benzene rings is 1. The van der Waals surface area contributed by atoms with E-state index in [9.17, 15) is 14.4 Å².